The molecule has 0 saturated heterocycles. The lowest BCUT2D eigenvalue weighted by molar-refractivity contribution is -0.387. The fraction of sp³-hybridized carbons (Fsp3) is 0.0625. The van der Waals surface area contributed by atoms with Gasteiger partial charge in [-0.3, -0.25) is 10.1 Å². The van der Waals surface area contributed by atoms with E-state index in [9.17, 15) is 10.1 Å². The van der Waals surface area contributed by atoms with Gasteiger partial charge in [-0.15, -0.1) is 0 Å². The van der Waals surface area contributed by atoms with Crippen LogP contribution in [0.2, 0.25) is 0 Å². The Bertz CT molecular complexity index is 815. The second-order valence-electron chi connectivity index (χ2n) is 4.68. The van der Waals surface area contributed by atoms with Crippen molar-refractivity contribution < 1.29 is 4.92 Å². The highest BCUT2D eigenvalue weighted by Crippen LogP contribution is 2.35. The summed E-state index contributed by atoms with van der Waals surface area (Å²) in [6, 6.07) is 16.6. The van der Waals surface area contributed by atoms with Crippen LogP contribution in [0, 0.1) is 10.1 Å². The van der Waals surface area contributed by atoms with Crippen molar-refractivity contribution in [3.63, 3.8) is 0 Å². The van der Waals surface area contributed by atoms with Gasteiger partial charge in [0.2, 0.25) is 0 Å². The fourth-order valence-corrected chi connectivity index (χ4v) is 3.09. The first-order chi connectivity index (χ1) is 10.7. The Kier molecular flexibility index (Phi) is 3.93. The molecule has 1 aromatic heterocycles. The van der Waals surface area contributed by atoms with Crippen LogP contribution in [0.4, 0.5) is 5.69 Å². The summed E-state index contributed by atoms with van der Waals surface area (Å²) >= 11 is 1.29. The van der Waals surface area contributed by atoms with Crippen LogP contribution in [-0.4, -0.2) is 14.5 Å². The molecule has 0 N–H and O–H groups in total. The molecule has 0 bridgehead atoms. The van der Waals surface area contributed by atoms with E-state index in [1.165, 1.54) is 17.8 Å². The number of benzene rings is 2. The van der Waals surface area contributed by atoms with Crippen LogP contribution in [0.5, 0.6) is 0 Å². The molecule has 0 unspecified atom stereocenters. The van der Waals surface area contributed by atoms with Gasteiger partial charge >= 0.3 is 0 Å². The number of para-hydroxylation sites is 1. The SMILES string of the molecule is Cn1c(-c2ccccc2)cnc1Sc1ccccc1[N+](=O)[O-]. The van der Waals surface area contributed by atoms with E-state index in [-0.39, 0.29) is 10.6 Å². The number of rotatable bonds is 4. The zero-order valence-corrected chi connectivity index (χ0v) is 12.7. The Hall–Kier alpha value is -2.60. The number of aromatic nitrogens is 2. The summed E-state index contributed by atoms with van der Waals surface area (Å²) < 4.78 is 1.94. The molecule has 0 spiro atoms. The minimum absolute atomic E-state index is 0.0942. The lowest BCUT2D eigenvalue weighted by Crippen LogP contribution is -1.95. The standard InChI is InChI=1S/C16H13N3O2S/c1-18-14(12-7-3-2-4-8-12)11-17-16(18)22-15-10-6-5-9-13(15)19(20)21/h2-11H,1H3. The topological polar surface area (TPSA) is 61.0 Å². The van der Waals surface area contributed by atoms with Gasteiger partial charge in [0.1, 0.15) is 0 Å². The second kappa shape index (κ2) is 6.03. The summed E-state index contributed by atoms with van der Waals surface area (Å²) in [7, 11) is 1.91. The van der Waals surface area contributed by atoms with Gasteiger partial charge in [-0.1, -0.05) is 42.5 Å². The van der Waals surface area contributed by atoms with Crippen LogP contribution in [0.1, 0.15) is 0 Å². The van der Waals surface area contributed by atoms with Crippen LogP contribution >= 0.6 is 11.8 Å². The molecule has 0 atom stereocenters. The molecule has 22 heavy (non-hydrogen) atoms. The quantitative estimate of drug-likeness (QED) is 0.536. The second-order valence-corrected chi connectivity index (χ2v) is 5.69. The molecule has 0 aliphatic carbocycles. The van der Waals surface area contributed by atoms with Crippen molar-refractivity contribution >= 4 is 17.4 Å². The number of hydrogen-bond donors (Lipinski definition) is 0. The van der Waals surface area contributed by atoms with Crippen LogP contribution < -0.4 is 0 Å². The van der Waals surface area contributed by atoms with E-state index in [1.54, 1.807) is 24.4 Å². The van der Waals surface area contributed by atoms with Crippen LogP contribution in [-0.2, 0) is 7.05 Å². The van der Waals surface area contributed by atoms with Gasteiger partial charge in [0.25, 0.3) is 5.69 Å². The molecule has 3 rings (SSSR count). The third-order valence-electron chi connectivity index (χ3n) is 3.28. The van der Waals surface area contributed by atoms with Crippen molar-refractivity contribution in [1.82, 2.24) is 9.55 Å². The van der Waals surface area contributed by atoms with Gasteiger partial charge < -0.3 is 4.57 Å². The third-order valence-corrected chi connectivity index (χ3v) is 4.41. The predicted octanol–water partition coefficient (Wildman–Crippen LogP) is 4.15. The van der Waals surface area contributed by atoms with Crippen molar-refractivity contribution in [2.75, 3.05) is 0 Å². The monoisotopic (exact) mass is 311 g/mol. The van der Waals surface area contributed by atoms with Crippen molar-refractivity contribution in [2.45, 2.75) is 10.1 Å². The van der Waals surface area contributed by atoms with Crippen LogP contribution in [0.25, 0.3) is 11.3 Å². The molecule has 0 radical (unpaired) electrons. The summed E-state index contributed by atoms with van der Waals surface area (Å²) in [5, 5.41) is 11.8. The molecule has 3 aromatic rings. The summed E-state index contributed by atoms with van der Waals surface area (Å²) in [5.74, 6) is 0. The van der Waals surface area contributed by atoms with Gasteiger partial charge in [-0.2, -0.15) is 0 Å². The first-order valence-electron chi connectivity index (χ1n) is 6.65. The number of imidazole rings is 1. The molecule has 0 aliphatic rings. The van der Waals surface area contributed by atoms with E-state index >= 15 is 0 Å². The van der Waals surface area contributed by atoms with E-state index < -0.39 is 0 Å². The summed E-state index contributed by atoms with van der Waals surface area (Å²) in [6.07, 6.45) is 1.78. The largest absolute Gasteiger partial charge is 0.322 e. The van der Waals surface area contributed by atoms with Gasteiger partial charge in [0.05, 0.1) is 21.7 Å². The van der Waals surface area contributed by atoms with Crippen molar-refractivity contribution in [3.05, 3.63) is 70.9 Å². The first-order valence-corrected chi connectivity index (χ1v) is 7.47. The van der Waals surface area contributed by atoms with Crippen molar-refractivity contribution in [1.29, 1.82) is 0 Å². The van der Waals surface area contributed by atoms with Crippen LogP contribution in [0.15, 0.2) is 70.8 Å². The van der Waals surface area contributed by atoms with Crippen molar-refractivity contribution in [2.24, 2.45) is 7.05 Å². The molecule has 5 nitrogen and oxygen atoms in total. The van der Waals surface area contributed by atoms with Gasteiger partial charge in [0, 0.05) is 13.1 Å². The average Bonchev–Trinajstić information content (AvgIpc) is 2.89. The maximum atomic E-state index is 11.1. The van der Waals surface area contributed by atoms with Crippen molar-refractivity contribution in [3.8, 4) is 11.3 Å². The number of nitrogens with zero attached hydrogens (tertiary/aromatic N) is 3. The third kappa shape index (κ3) is 2.73. The minimum Gasteiger partial charge on any atom is -0.322 e. The fourth-order valence-electron chi connectivity index (χ4n) is 2.16. The Balaban J connectivity index is 1.95. The van der Waals surface area contributed by atoms with E-state index in [1.807, 2.05) is 41.9 Å². The predicted molar refractivity (Wildman–Crippen MR) is 85.9 cm³/mol. The molecule has 0 saturated carbocycles. The lowest BCUT2D eigenvalue weighted by atomic mass is 10.2. The van der Waals surface area contributed by atoms with Gasteiger partial charge in [-0.25, -0.2) is 4.98 Å². The Morgan fingerprint density at radius 3 is 2.50 bits per heavy atom. The molecule has 0 amide bonds. The smallest absolute Gasteiger partial charge is 0.283 e. The molecule has 1 heterocycles. The highest BCUT2D eigenvalue weighted by molar-refractivity contribution is 7.99. The first kappa shape index (κ1) is 14.3. The summed E-state index contributed by atoms with van der Waals surface area (Å²) in [6.45, 7) is 0. The summed E-state index contributed by atoms with van der Waals surface area (Å²) in [5.41, 5.74) is 2.13. The highest BCUT2D eigenvalue weighted by Gasteiger charge is 2.17. The molecule has 0 aliphatic heterocycles. The highest BCUT2D eigenvalue weighted by atomic mass is 32.2. The van der Waals surface area contributed by atoms with Crippen LogP contribution in [0.3, 0.4) is 0 Å². The van der Waals surface area contributed by atoms with E-state index in [0.29, 0.717) is 10.1 Å². The number of hydrogen-bond acceptors (Lipinski definition) is 4. The van der Waals surface area contributed by atoms with E-state index in [4.69, 9.17) is 0 Å². The molecule has 110 valence electrons. The van der Waals surface area contributed by atoms with E-state index in [0.717, 1.165) is 11.3 Å². The maximum Gasteiger partial charge on any atom is 0.283 e. The molecular weight excluding hydrogens is 298 g/mol. The average molecular weight is 311 g/mol. The maximum absolute atomic E-state index is 11.1. The number of nitro groups is 1. The zero-order valence-electron chi connectivity index (χ0n) is 11.8. The lowest BCUT2D eigenvalue weighted by Gasteiger charge is -2.06. The molecule has 0 fully saturated rings. The Morgan fingerprint density at radius 2 is 1.77 bits per heavy atom. The van der Waals surface area contributed by atoms with Gasteiger partial charge in [-0.05, 0) is 23.4 Å². The molecule has 2 aromatic carbocycles. The summed E-state index contributed by atoms with van der Waals surface area (Å²) in [4.78, 5) is 15.7. The normalized spacial score (nSPS) is 10.6. The molecular formula is C16H13N3O2S. The Labute approximate surface area is 131 Å². The molecule has 6 heteroatoms. The van der Waals surface area contributed by atoms with E-state index in [2.05, 4.69) is 4.98 Å². The minimum atomic E-state index is -0.372. The van der Waals surface area contributed by atoms with Gasteiger partial charge in [0.15, 0.2) is 5.16 Å². The Morgan fingerprint density at radius 1 is 1.09 bits per heavy atom. The number of nitro benzene ring substituents is 1. The zero-order chi connectivity index (χ0) is 15.5.